The molecule has 0 unspecified atom stereocenters. The van der Waals surface area contributed by atoms with Crippen LogP contribution < -0.4 is 10.6 Å². The lowest BCUT2D eigenvalue weighted by Gasteiger charge is -2.26. The number of hydrogen-bond donors (Lipinski definition) is 2. The molecule has 1 fully saturated rings. The van der Waals surface area contributed by atoms with Crippen molar-refractivity contribution in [2.24, 2.45) is 4.99 Å². The van der Waals surface area contributed by atoms with Gasteiger partial charge in [-0.2, -0.15) is 0 Å². The van der Waals surface area contributed by atoms with Gasteiger partial charge in [0.15, 0.2) is 5.96 Å². The first-order chi connectivity index (χ1) is 13.9. The van der Waals surface area contributed by atoms with E-state index in [1.807, 2.05) is 0 Å². The van der Waals surface area contributed by atoms with Crippen molar-refractivity contribution < 1.29 is 9.53 Å². The SMILES string of the molecule is Cc1cc(C)cc(CCNC(=NCC(=O)N(C)C)NCCCN2CCOCC2)c1.I. The Morgan fingerprint density at radius 3 is 2.37 bits per heavy atom. The molecular formula is C22H38IN5O2. The summed E-state index contributed by atoms with van der Waals surface area (Å²) >= 11 is 0. The summed E-state index contributed by atoms with van der Waals surface area (Å²) in [5, 5.41) is 6.75. The highest BCUT2D eigenvalue weighted by Crippen LogP contribution is 2.09. The van der Waals surface area contributed by atoms with E-state index in [0.717, 1.165) is 58.8 Å². The molecule has 1 aromatic rings. The minimum Gasteiger partial charge on any atom is -0.379 e. The zero-order valence-electron chi connectivity index (χ0n) is 18.9. The van der Waals surface area contributed by atoms with Crippen LogP contribution in [0, 0.1) is 13.8 Å². The molecule has 0 aliphatic carbocycles. The van der Waals surface area contributed by atoms with Crippen molar-refractivity contribution >= 4 is 35.8 Å². The van der Waals surface area contributed by atoms with Crippen molar-refractivity contribution in [3.63, 3.8) is 0 Å². The number of nitrogens with one attached hydrogen (secondary N) is 2. The molecule has 0 aromatic heterocycles. The molecule has 7 nitrogen and oxygen atoms in total. The lowest BCUT2D eigenvalue weighted by Crippen LogP contribution is -2.41. The molecule has 30 heavy (non-hydrogen) atoms. The standard InChI is InChI=1S/C22H37N5O2.HI/c1-18-14-19(2)16-20(15-18)6-8-24-22(25-17-21(28)26(3)4)23-7-5-9-27-10-12-29-13-11-27;/h14-16H,5-13,17H2,1-4H3,(H2,23,24,25);1H. The summed E-state index contributed by atoms with van der Waals surface area (Å²) in [4.78, 5) is 20.4. The molecule has 170 valence electrons. The number of amides is 1. The van der Waals surface area contributed by atoms with Gasteiger partial charge in [-0.05, 0) is 38.8 Å². The van der Waals surface area contributed by atoms with Crippen LogP contribution in [0.25, 0.3) is 0 Å². The molecule has 1 amide bonds. The number of guanidine groups is 1. The van der Waals surface area contributed by atoms with Crippen LogP contribution in [0.3, 0.4) is 0 Å². The average Bonchev–Trinajstić information content (AvgIpc) is 2.68. The van der Waals surface area contributed by atoms with Crippen LogP contribution in [0.4, 0.5) is 0 Å². The molecule has 2 N–H and O–H groups in total. The van der Waals surface area contributed by atoms with E-state index in [1.54, 1.807) is 19.0 Å². The van der Waals surface area contributed by atoms with Gasteiger partial charge in [0.2, 0.25) is 5.91 Å². The largest absolute Gasteiger partial charge is 0.379 e. The number of likely N-dealkylation sites (N-methyl/N-ethyl adjacent to an activating group) is 1. The zero-order valence-corrected chi connectivity index (χ0v) is 21.2. The Balaban J connectivity index is 0.00000450. The number of morpholine rings is 1. The number of hydrogen-bond acceptors (Lipinski definition) is 4. The number of carbonyl (C=O) groups excluding carboxylic acids is 1. The Bertz CT molecular complexity index is 655. The highest BCUT2D eigenvalue weighted by atomic mass is 127. The molecule has 0 atom stereocenters. The first-order valence-electron chi connectivity index (χ1n) is 10.5. The van der Waals surface area contributed by atoms with Crippen LogP contribution in [-0.4, -0.2) is 88.2 Å². The van der Waals surface area contributed by atoms with Gasteiger partial charge in [0.05, 0.1) is 13.2 Å². The predicted molar refractivity (Wildman–Crippen MR) is 134 cm³/mol. The Hall–Kier alpha value is -1.39. The van der Waals surface area contributed by atoms with Crippen LogP contribution in [0.2, 0.25) is 0 Å². The molecule has 0 spiro atoms. The third kappa shape index (κ3) is 10.6. The van der Waals surface area contributed by atoms with Crippen molar-refractivity contribution in [1.82, 2.24) is 20.4 Å². The maximum absolute atomic E-state index is 11.9. The molecule has 1 saturated heterocycles. The smallest absolute Gasteiger partial charge is 0.243 e. The van der Waals surface area contributed by atoms with Gasteiger partial charge in [0.1, 0.15) is 6.54 Å². The van der Waals surface area contributed by atoms with Gasteiger partial charge < -0.3 is 20.3 Å². The van der Waals surface area contributed by atoms with Crippen LogP contribution in [0.5, 0.6) is 0 Å². The minimum atomic E-state index is -0.00581. The Labute approximate surface area is 198 Å². The van der Waals surface area contributed by atoms with Gasteiger partial charge in [0.25, 0.3) is 0 Å². The molecule has 0 bridgehead atoms. The van der Waals surface area contributed by atoms with Gasteiger partial charge in [-0.3, -0.25) is 9.69 Å². The molecule has 2 rings (SSSR count). The Morgan fingerprint density at radius 1 is 1.10 bits per heavy atom. The number of benzene rings is 1. The van der Waals surface area contributed by atoms with Gasteiger partial charge in [-0.25, -0.2) is 4.99 Å². The molecule has 1 heterocycles. The third-order valence-corrected chi connectivity index (χ3v) is 4.91. The van der Waals surface area contributed by atoms with E-state index in [9.17, 15) is 4.79 Å². The van der Waals surface area contributed by atoms with Crippen molar-refractivity contribution in [2.45, 2.75) is 26.7 Å². The fraction of sp³-hybridized carbons (Fsp3) is 0.636. The number of nitrogens with zero attached hydrogens (tertiary/aromatic N) is 3. The number of halogens is 1. The van der Waals surface area contributed by atoms with Gasteiger partial charge >= 0.3 is 0 Å². The second-order valence-electron chi connectivity index (χ2n) is 7.86. The lowest BCUT2D eigenvalue weighted by atomic mass is 10.1. The quantitative estimate of drug-likeness (QED) is 0.220. The summed E-state index contributed by atoms with van der Waals surface area (Å²) in [6.45, 7) is 10.7. The number of aryl methyl sites for hydroxylation is 2. The number of ether oxygens (including phenoxy) is 1. The second kappa shape index (κ2) is 14.6. The van der Waals surface area contributed by atoms with Crippen molar-refractivity contribution in [3.05, 3.63) is 34.9 Å². The first kappa shape index (κ1) is 26.6. The van der Waals surface area contributed by atoms with E-state index in [0.29, 0.717) is 5.96 Å². The number of carbonyl (C=O) groups is 1. The van der Waals surface area contributed by atoms with Crippen LogP contribution >= 0.6 is 24.0 Å². The van der Waals surface area contributed by atoms with E-state index in [2.05, 4.69) is 52.6 Å². The van der Waals surface area contributed by atoms with Crippen LogP contribution in [0.1, 0.15) is 23.1 Å². The minimum absolute atomic E-state index is 0. The summed E-state index contributed by atoms with van der Waals surface area (Å²) in [5.41, 5.74) is 3.88. The highest BCUT2D eigenvalue weighted by Gasteiger charge is 2.10. The maximum Gasteiger partial charge on any atom is 0.243 e. The summed E-state index contributed by atoms with van der Waals surface area (Å²) < 4.78 is 5.39. The van der Waals surface area contributed by atoms with Gasteiger partial charge in [-0.15, -0.1) is 24.0 Å². The highest BCUT2D eigenvalue weighted by molar-refractivity contribution is 14.0. The lowest BCUT2D eigenvalue weighted by molar-refractivity contribution is -0.127. The third-order valence-electron chi connectivity index (χ3n) is 4.91. The Morgan fingerprint density at radius 2 is 1.73 bits per heavy atom. The number of aliphatic imine (C=N–C) groups is 1. The number of rotatable bonds is 9. The van der Waals surface area contributed by atoms with E-state index in [-0.39, 0.29) is 36.4 Å². The van der Waals surface area contributed by atoms with Gasteiger partial charge in [-0.1, -0.05) is 29.3 Å². The molecule has 1 aliphatic rings. The fourth-order valence-corrected chi connectivity index (χ4v) is 3.34. The molecular weight excluding hydrogens is 493 g/mol. The predicted octanol–water partition coefficient (Wildman–Crippen LogP) is 1.81. The fourth-order valence-electron chi connectivity index (χ4n) is 3.34. The Kier molecular flexibility index (Phi) is 13.0. The van der Waals surface area contributed by atoms with Crippen LogP contribution in [0.15, 0.2) is 23.2 Å². The first-order valence-corrected chi connectivity index (χ1v) is 10.5. The molecule has 1 aromatic carbocycles. The normalized spacial score (nSPS) is 14.7. The molecule has 0 radical (unpaired) electrons. The molecule has 8 heteroatoms. The van der Waals surface area contributed by atoms with E-state index in [4.69, 9.17) is 4.74 Å². The van der Waals surface area contributed by atoms with Crippen molar-refractivity contribution in [3.8, 4) is 0 Å². The van der Waals surface area contributed by atoms with Crippen molar-refractivity contribution in [2.75, 3.05) is 66.6 Å². The summed E-state index contributed by atoms with van der Waals surface area (Å²) in [5.74, 6) is 0.695. The van der Waals surface area contributed by atoms with Gasteiger partial charge in [0, 0.05) is 40.3 Å². The summed E-state index contributed by atoms with van der Waals surface area (Å²) in [6.07, 6.45) is 1.94. The summed E-state index contributed by atoms with van der Waals surface area (Å²) in [6, 6.07) is 6.63. The second-order valence-corrected chi connectivity index (χ2v) is 7.86. The molecule has 0 saturated carbocycles. The maximum atomic E-state index is 11.9. The average molecular weight is 531 g/mol. The van der Waals surface area contributed by atoms with E-state index >= 15 is 0 Å². The van der Waals surface area contributed by atoms with Crippen molar-refractivity contribution in [1.29, 1.82) is 0 Å². The zero-order chi connectivity index (χ0) is 21.1. The molecule has 1 aliphatic heterocycles. The van der Waals surface area contributed by atoms with E-state index < -0.39 is 0 Å². The van der Waals surface area contributed by atoms with E-state index in [1.165, 1.54) is 16.7 Å². The monoisotopic (exact) mass is 531 g/mol. The topological polar surface area (TPSA) is 69.2 Å². The van der Waals surface area contributed by atoms with Crippen LogP contribution in [-0.2, 0) is 16.0 Å². The summed E-state index contributed by atoms with van der Waals surface area (Å²) in [7, 11) is 3.50.